The predicted octanol–water partition coefficient (Wildman–Crippen LogP) is 4.39. The van der Waals surface area contributed by atoms with Gasteiger partial charge in [0.15, 0.2) is 5.82 Å². The van der Waals surface area contributed by atoms with E-state index in [4.69, 9.17) is 0 Å². The summed E-state index contributed by atoms with van der Waals surface area (Å²) in [4.78, 5) is 16.1. The number of hydrogen-bond donors (Lipinski definition) is 1. The molecular weight excluding hydrogens is 400 g/mol. The van der Waals surface area contributed by atoms with Crippen LogP contribution in [0.5, 0.6) is 0 Å². The van der Waals surface area contributed by atoms with Crippen LogP contribution in [0, 0.1) is 25.5 Å². The first kappa shape index (κ1) is 20.7. The summed E-state index contributed by atoms with van der Waals surface area (Å²) in [6.45, 7) is 6.21. The molecule has 0 atom stereocenters. The zero-order chi connectivity index (χ0) is 22.0. The Morgan fingerprint density at radius 2 is 1.68 bits per heavy atom. The van der Waals surface area contributed by atoms with Crippen molar-refractivity contribution >= 4 is 17.5 Å². The van der Waals surface area contributed by atoms with E-state index in [-0.39, 0.29) is 5.69 Å². The lowest BCUT2D eigenvalue weighted by atomic mass is 10.0. The molecule has 2 aromatic carbocycles. The molecule has 8 heteroatoms. The molecule has 1 aromatic heterocycles. The number of halogens is 2. The van der Waals surface area contributed by atoms with E-state index in [2.05, 4.69) is 46.4 Å². The number of rotatable bonds is 3. The minimum absolute atomic E-state index is 0.0402. The van der Waals surface area contributed by atoms with Crippen molar-refractivity contribution in [1.82, 2.24) is 15.1 Å². The number of anilines is 2. The fourth-order valence-electron chi connectivity index (χ4n) is 3.47. The minimum atomic E-state index is -0.800. The third-order valence-electron chi connectivity index (χ3n) is 5.52. The van der Waals surface area contributed by atoms with Gasteiger partial charge in [-0.3, -0.25) is 0 Å². The fraction of sp³-hybridized carbons (Fsp3) is 0.261. The Balaban J connectivity index is 1.36. The molecule has 6 nitrogen and oxygen atoms in total. The van der Waals surface area contributed by atoms with Gasteiger partial charge in [-0.25, -0.2) is 13.6 Å². The van der Waals surface area contributed by atoms with Gasteiger partial charge in [0, 0.05) is 37.8 Å². The largest absolute Gasteiger partial charge is 0.352 e. The highest BCUT2D eigenvalue weighted by atomic mass is 19.1. The molecule has 0 saturated carbocycles. The van der Waals surface area contributed by atoms with Crippen LogP contribution in [0.25, 0.3) is 11.3 Å². The second-order valence-corrected chi connectivity index (χ2v) is 7.60. The van der Waals surface area contributed by atoms with E-state index in [0.717, 1.165) is 29.2 Å². The lowest BCUT2D eigenvalue weighted by Crippen LogP contribution is -2.50. The lowest BCUT2D eigenvalue weighted by Gasteiger charge is -2.35. The van der Waals surface area contributed by atoms with Gasteiger partial charge in [-0.15, -0.1) is 10.2 Å². The van der Waals surface area contributed by atoms with Gasteiger partial charge in [-0.2, -0.15) is 0 Å². The molecule has 31 heavy (non-hydrogen) atoms. The first-order valence-electron chi connectivity index (χ1n) is 10.1. The quantitative estimate of drug-likeness (QED) is 0.679. The highest BCUT2D eigenvalue weighted by Gasteiger charge is 2.23. The Bertz CT molecular complexity index is 1100. The van der Waals surface area contributed by atoms with Crippen LogP contribution in [-0.4, -0.2) is 47.3 Å². The number of carbonyl (C=O) groups is 1. The maximum atomic E-state index is 13.8. The van der Waals surface area contributed by atoms with Crippen molar-refractivity contribution in [2.24, 2.45) is 0 Å². The highest BCUT2D eigenvalue weighted by molar-refractivity contribution is 5.89. The molecule has 0 radical (unpaired) electrons. The number of piperazine rings is 1. The monoisotopic (exact) mass is 423 g/mol. The molecule has 160 valence electrons. The Labute approximate surface area is 179 Å². The van der Waals surface area contributed by atoms with Crippen molar-refractivity contribution in [2.45, 2.75) is 13.8 Å². The molecule has 0 unspecified atom stereocenters. The zero-order valence-corrected chi connectivity index (χ0v) is 17.4. The number of nitrogens with one attached hydrogen (secondary N) is 1. The van der Waals surface area contributed by atoms with Gasteiger partial charge in [0.05, 0.1) is 11.4 Å². The number of benzene rings is 2. The third-order valence-corrected chi connectivity index (χ3v) is 5.52. The Hall–Kier alpha value is -3.55. The van der Waals surface area contributed by atoms with Gasteiger partial charge >= 0.3 is 6.03 Å². The van der Waals surface area contributed by atoms with Gasteiger partial charge in [0.2, 0.25) is 0 Å². The second kappa shape index (κ2) is 8.67. The average Bonchev–Trinajstić information content (AvgIpc) is 2.78. The van der Waals surface area contributed by atoms with Gasteiger partial charge in [0.25, 0.3) is 0 Å². The summed E-state index contributed by atoms with van der Waals surface area (Å²) in [5.74, 6) is -0.739. The van der Waals surface area contributed by atoms with Crippen LogP contribution in [0.15, 0.2) is 48.5 Å². The molecule has 1 fully saturated rings. The predicted molar refractivity (Wildman–Crippen MR) is 116 cm³/mol. The molecule has 3 aromatic rings. The minimum Gasteiger partial charge on any atom is -0.352 e. The van der Waals surface area contributed by atoms with Crippen LogP contribution in [0.3, 0.4) is 0 Å². The molecule has 1 saturated heterocycles. The summed E-state index contributed by atoms with van der Waals surface area (Å²) in [5, 5.41) is 11.2. The average molecular weight is 423 g/mol. The number of aromatic nitrogens is 2. The van der Waals surface area contributed by atoms with Crippen molar-refractivity contribution in [2.75, 3.05) is 36.4 Å². The second-order valence-electron chi connectivity index (χ2n) is 7.60. The van der Waals surface area contributed by atoms with E-state index in [0.29, 0.717) is 26.2 Å². The molecule has 0 spiro atoms. The van der Waals surface area contributed by atoms with Crippen molar-refractivity contribution in [3.63, 3.8) is 0 Å². The molecular formula is C23H23F2N5O. The van der Waals surface area contributed by atoms with Gasteiger partial charge in [0.1, 0.15) is 11.6 Å². The number of urea groups is 1. The Morgan fingerprint density at radius 1 is 0.903 bits per heavy atom. The smallest absolute Gasteiger partial charge is 0.322 e. The van der Waals surface area contributed by atoms with Crippen LogP contribution < -0.4 is 10.2 Å². The number of carbonyl (C=O) groups excluding carboxylic acids is 1. The SMILES string of the molecule is Cc1ccc(-c2ccc(N3CCN(C(=O)Nc4ccc(F)cc4F)CC3)nn2)cc1C. The van der Waals surface area contributed by atoms with E-state index in [9.17, 15) is 13.6 Å². The molecule has 1 aliphatic rings. The van der Waals surface area contributed by atoms with Crippen molar-refractivity contribution < 1.29 is 13.6 Å². The Morgan fingerprint density at radius 3 is 2.32 bits per heavy atom. The van der Waals surface area contributed by atoms with Crippen LogP contribution in [-0.2, 0) is 0 Å². The third kappa shape index (κ3) is 4.63. The first-order chi connectivity index (χ1) is 14.9. The van der Waals surface area contributed by atoms with Crippen molar-refractivity contribution in [3.8, 4) is 11.3 Å². The normalized spacial score (nSPS) is 13.9. The Kier molecular flexibility index (Phi) is 5.79. The van der Waals surface area contributed by atoms with Crippen LogP contribution in [0.2, 0.25) is 0 Å². The molecule has 2 heterocycles. The van der Waals surface area contributed by atoms with Gasteiger partial charge < -0.3 is 15.1 Å². The number of nitrogens with zero attached hydrogens (tertiary/aromatic N) is 4. The summed E-state index contributed by atoms with van der Waals surface area (Å²) in [6.07, 6.45) is 0. The molecule has 1 aliphatic heterocycles. The molecule has 0 bridgehead atoms. The van der Waals surface area contributed by atoms with E-state index in [1.165, 1.54) is 17.2 Å². The fourth-order valence-corrected chi connectivity index (χ4v) is 3.47. The molecule has 4 rings (SSSR count). The van der Waals surface area contributed by atoms with Crippen LogP contribution in [0.4, 0.5) is 25.1 Å². The van der Waals surface area contributed by atoms with Crippen LogP contribution >= 0.6 is 0 Å². The van der Waals surface area contributed by atoms with Gasteiger partial charge in [-0.05, 0) is 55.3 Å². The van der Waals surface area contributed by atoms with E-state index in [1.54, 1.807) is 4.90 Å². The van der Waals surface area contributed by atoms with Crippen LogP contribution in [0.1, 0.15) is 11.1 Å². The number of hydrogen-bond acceptors (Lipinski definition) is 4. The number of amides is 2. The van der Waals surface area contributed by atoms with Gasteiger partial charge in [-0.1, -0.05) is 12.1 Å². The summed E-state index contributed by atoms with van der Waals surface area (Å²) in [6, 6.07) is 12.7. The van der Waals surface area contributed by atoms with E-state index >= 15 is 0 Å². The molecule has 0 aliphatic carbocycles. The summed E-state index contributed by atoms with van der Waals surface area (Å²) < 4.78 is 26.8. The molecule has 1 N–H and O–H groups in total. The highest BCUT2D eigenvalue weighted by Crippen LogP contribution is 2.22. The standard InChI is InChI=1S/C23H23F2N5O/c1-15-3-4-17(13-16(15)2)20-7-8-22(28-27-20)29-9-11-30(12-10-29)23(31)26-21-6-5-18(24)14-19(21)25/h3-8,13-14H,9-12H2,1-2H3,(H,26,31). The maximum absolute atomic E-state index is 13.8. The summed E-state index contributed by atoms with van der Waals surface area (Å²) >= 11 is 0. The topological polar surface area (TPSA) is 61.4 Å². The summed E-state index contributed by atoms with van der Waals surface area (Å²) in [5.41, 5.74) is 4.24. The van der Waals surface area contributed by atoms with Crippen molar-refractivity contribution in [1.29, 1.82) is 0 Å². The van der Waals surface area contributed by atoms with Crippen molar-refractivity contribution in [3.05, 3.63) is 71.3 Å². The summed E-state index contributed by atoms with van der Waals surface area (Å²) in [7, 11) is 0. The maximum Gasteiger partial charge on any atom is 0.322 e. The number of aryl methyl sites for hydroxylation is 2. The van der Waals surface area contributed by atoms with E-state index in [1.807, 2.05) is 18.2 Å². The first-order valence-corrected chi connectivity index (χ1v) is 10.1. The molecule has 2 amide bonds. The van der Waals surface area contributed by atoms with E-state index < -0.39 is 17.7 Å². The zero-order valence-electron chi connectivity index (χ0n) is 17.4. The lowest BCUT2D eigenvalue weighted by molar-refractivity contribution is 0.208.